The van der Waals surface area contributed by atoms with Gasteiger partial charge in [0.1, 0.15) is 0 Å². The van der Waals surface area contributed by atoms with Crippen LogP contribution in [-0.4, -0.2) is 17.6 Å². The average Bonchev–Trinajstić information content (AvgIpc) is 2.58. The summed E-state index contributed by atoms with van der Waals surface area (Å²) in [7, 11) is 3.29. The van der Waals surface area contributed by atoms with Gasteiger partial charge in [0.15, 0.2) is 0 Å². The highest BCUT2D eigenvalue weighted by molar-refractivity contribution is 9.10. The lowest BCUT2D eigenvalue weighted by atomic mass is 10.1. The van der Waals surface area contributed by atoms with Crippen molar-refractivity contribution in [3.8, 4) is 0 Å². The Labute approximate surface area is 95.8 Å². The molecule has 0 N–H and O–H groups in total. The third-order valence-electron chi connectivity index (χ3n) is 2.34. The number of nitrogens with zero attached hydrogens (tertiary/aromatic N) is 1. The molecule has 0 aliphatic carbocycles. The zero-order chi connectivity index (χ0) is 11.0. The molecule has 2 rings (SSSR count). The van der Waals surface area contributed by atoms with E-state index in [2.05, 4.69) is 15.9 Å². The number of halogens is 1. The molecule has 0 saturated heterocycles. The van der Waals surface area contributed by atoms with E-state index in [1.54, 1.807) is 6.07 Å². The fraction of sp³-hybridized carbons (Fsp3) is 0.182. The molecule has 0 radical (unpaired) electrons. The third kappa shape index (κ3) is 1.65. The molecule has 0 fully saturated rings. The number of ether oxygens (including phenoxy) is 1. The maximum Gasteiger partial charge on any atom is 0.340 e. The van der Waals surface area contributed by atoms with Gasteiger partial charge in [0.2, 0.25) is 0 Å². The Bertz CT molecular complexity index is 531. The minimum atomic E-state index is -0.317. The normalized spacial score (nSPS) is 10.6. The Balaban J connectivity index is 2.80. The van der Waals surface area contributed by atoms with Gasteiger partial charge in [-0.15, -0.1) is 0 Å². The SMILES string of the molecule is COC(=O)c1cc(Br)cc2ccn(C)c12. The largest absolute Gasteiger partial charge is 0.465 e. The van der Waals surface area contributed by atoms with E-state index in [1.165, 1.54) is 7.11 Å². The van der Waals surface area contributed by atoms with Crippen LogP contribution in [0.2, 0.25) is 0 Å². The van der Waals surface area contributed by atoms with Crippen LogP contribution < -0.4 is 0 Å². The number of hydrogen-bond donors (Lipinski definition) is 0. The van der Waals surface area contributed by atoms with E-state index in [1.807, 2.05) is 29.9 Å². The third-order valence-corrected chi connectivity index (χ3v) is 2.80. The monoisotopic (exact) mass is 267 g/mol. The van der Waals surface area contributed by atoms with E-state index in [9.17, 15) is 4.79 Å². The molecule has 4 heteroatoms. The van der Waals surface area contributed by atoms with Crippen molar-refractivity contribution in [2.45, 2.75) is 0 Å². The van der Waals surface area contributed by atoms with Gasteiger partial charge in [0.25, 0.3) is 0 Å². The Hall–Kier alpha value is -1.29. The summed E-state index contributed by atoms with van der Waals surface area (Å²) in [5, 5.41) is 1.02. The topological polar surface area (TPSA) is 31.2 Å². The van der Waals surface area contributed by atoms with Crippen molar-refractivity contribution in [2.75, 3.05) is 7.11 Å². The molecule has 1 aromatic heterocycles. The van der Waals surface area contributed by atoms with E-state index in [0.29, 0.717) is 5.56 Å². The number of aromatic nitrogens is 1. The summed E-state index contributed by atoms with van der Waals surface area (Å²) in [6.07, 6.45) is 1.92. The van der Waals surface area contributed by atoms with Crippen molar-refractivity contribution in [3.05, 3.63) is 34.4 Å². The van der Waals surface area contributed by atoms with Crippen molar-refractivity contribution in [2.24, 2.45) is 7.05 Å². The van der Waals surface area contributed by atoms with E-state index in [4.69, 9.17) is 4.74 Å². The van der Waals surface area contributed by atoms with Crippen LogP contribution >= 0.6 is 15.9 Å². The molecule has 0 spiro atoms. The standard InChI is InChI=1S/C11H10BrNO2/c1-13-4-3-7-5-8(12)6-9(10(7)13)11(14)15-2/h3-6H,1-2H3. The molecular formula is C11H10BrNO2. The summed E-state index contributed by atoms with van der Waals surface area (Å²) in [5.41, 5.74) is 1.47. The first kappa shape index (κ1) is 10.2. The summed E-state index contributed by atoms with van der Waals surface area (Å²) in [4.78, 5) is 11.6. The van der Waals surface area contributed by atoms with Crippen LogP contribution in [0.1, 0.15) is 10.4 Å². The molecule has 1 heterocycles. The van der Waals surface area contributed by atoms with Gasteiger partial charge in [-0.2, -0.15) is 0 Å². The number of fused-ring (bicyclic) bond motifs is 1. The summed E-state index contributed by atoms with van der Waals surface area (Å²) < 4.78 is 7.54. The second-order valence-electron chi connectivity index (χ2n) is 3.31. The molecule has 0 atom stereocenters. The minimum Gasteiger partial charge on any atom is -0.465 e. The lowest BCUT2D eigenvalue weighted by Crippen LogP contribution is -2.04. The summed E-state index contributed by atoms with van der Waals surface area (Å²) in [5.74, 6) is -0.317. The molecule has 0 amide bonds. The van der Waals surface area contributed by atoms with Crippen molar-refractivity contribution < 1.29 is 9.53 Å². The Morgan fingerprint density at radius 3 is 2.87 bits per heavy atom. The maximum absolute atomic E-state index is 11.6. The molecule has 0 saturated carbocycles. The summed E-state index contributed by atoms with van der Waals surface area (Å²) >= 11 is 3.37. The van der Waals surface area contributed by atoms with Crippen molar-refractivity contribution >= 4 is 32.8 Å². The first-order chi connectivity index (χ1) is 7.13. The van der Waals surface area contributed by atoms with Crippen molar-refractivity contribution in [1.82, 2.24) is 4.57 Å². The van der Waals surface area contributed by atoms with Gasteiger partial charge in [-0.3, -0.25) is 0 Å². The number of carbonyl (C=O) groups is 1. The van der Waals surface area contributed by atoms with Crippen molar-refractivity contribution in [3.63, 3.8) is 0 Å². The molecule has 2 aromatic rings. The lowest BCUT2D eigenvalue weighted by molar-refractivity contribution is 0.0602. The molecule has 78 valence electrons. The number of benzene rings is 1. The molecule has 0 bridgehead atoms. The van der Waals surface area contributed by atoms with Crippen LogP contribution in [0.15, 0.2) is 28.9 Å². The predicted molar refractivity (Wildman–Crippen MR) is 62.0 cm³/mol. The number of hydrogen-bond acceptors (Lipinski definition) is 2. The fourth-order valence-corrected chi connectivity index (χ4v) is 2.15. The van der Waals surface area contributed by atoms with E-state index in [0.717, 1.165) is 15.4 Å². The fourth-order valence-electron chi connectivity index (χ4n) is 1.67. The zero-order valence-corrected chi connectivity index (χ0v) is 10.0. The lowest BCUT2D eigenvalue weighted by Gasteiger charge is -2.05. The molecule has 0 aliphatic heterocycles. The second kappa shape index (κ2) is 3.70. The first-order valence-electron chi connectivity index (χ1n) is 4.46. The number of esters is 1. The van der Waals surface area contributed by atoms with Crippen LogP contribution in [0, 0.1) is 0 Å². The minimum absolute atomic E-state index is 0.317. The zero-order valence-electron chi connectivity index (χ0n) is 8.45. The molecular weight excluding hydrogens is 258 g/mol. The molecule has 3 nitrogen and oxygen atoms in total. The van der Waals surface area contributed by atoms with Crippen LogP contribution in [-0.2, 0) is 11.8 Å². The predicted octanol–water partition coefficient (Wildman–Crippen LogP) is 2.73. The number of carbonyl (C=O) groups excluding carboxylic acids is 1. The Morgan fingerprint density at radius 1 is 1.47 bits per heavy atom. The number of rotatable bonds is 1. The smallest absolute Gasteiger partial charge is 0.340 e. The van der Waals surface area contributed by atoms with E-state index in [-0.39, 0.29) is 5.97 Å². The number of aryl methyl sites for hydroxylation is 1. The van der Waals surface area contributed by atoms with Gasteiger partial charge >= 0.3 is 5.97 Å². The molecule has 0 aliphatic rings. The maximum atomic E-state index is 11.6. The number of methoxy groups -OCH3 is 1. The summed E-state index contributed by atoms with van der Waals surface area (Å²) in [6.45, 7) is 0. The van der Waals surface area contributed by atoms with Gasteiger partial charge in [0.05, 0.1) is 18.2 Å². The van der Waals surface area contributed by atoms with Crippen molar-refractivity contribution in [1.29, 1.82) is 0 Å². The van der Waals surface area contributed by atoms with Gasteiger partial charge in [0, 0.05) is 23.1 Å². The molecule has 1 aromatic carbocycles. The van der Waals surface area contributed by atoms with Crippen LogP contribution in [0.4, 0.5) is 0 Å². The average molecular weight is 268 g/mol. The summed E-state index contributed by atoms with van der Waals surface area (Å²) in [6, 6.07) is 5.71. The quantitative estimate of drug-likeness (QED) is 0.744. The van der Waals surface area contributed by atoms with Gasteiger partial charge in [-0.05, 0) is 18.2 Å². The van der Waals surface area contributed by atoms with Gasteiger partial charge in [-0.1, -0.05) is 15.9 Å². The molecule has 15 heavy (non-hydrogen) atoms. The second-order valence-corrected chi connectivity index (χ2v) is 4.23. The van der Waals surface area contributed by atoms with Crippen LogP contribution in [0.25, 0.3) is 10.9 Å². The van der Waals surface area contributed by atoms with Gasteiger partial charge in [-0.25, -0.2) is 4.79 Å². The first-order valence-corrected chi connectivity index (χ1v) is 5.25. The van der Waals surface area contributed by atoms with E-state index >= 15 is 0 Å². The van der Waals surface area contributed by atoms with E-state index < -0.39 is 0 Å². The van der Waals surface area contributed by atoms with Crippen LogP contribution in [0.5, 0.6) is 0 Å². The Morgan fingerprint density at radius 2 is 2.20 bits per heavy atom. The highest BCUT2D eigenvalue weighted by atomic mass is 79.9. The van der Waals surface area contributed by atoms with Crippen LogP contribution in [0.3, 0.4) is 0 Å². The highest BCUT2D eigenvalue weighted by Crippen LogP contribution is 2.25. The Kier molecular flexibility index (Phi) is 2.52. The highest BCUT2D eigenvalue weighted by Gasteiger charge is 2.13. The van der Waals surface area contributed by atoms with Gasteiger partial charge < -0.3 is 9.30 Å². The molecule has 0 unspecified atom stereocenters.